The van der Waals surface area contributed by atoms with Gasteiger partial charge in [-0.3, -0.25) is 0 Å². The number of nitrogens with two attached hydrogens (primary N) is 1. The third-order valence-electron chi connectivity index (χ3n) is 1.98. The molecule has 0 bridgehead atoms. The first-order chi connectivity index (χ1) is 7.35. The average molecular weight is 257 g/mol. The number of aromatic nitrogens is 2. The largest absolute Gasteiger partial charge is 0.383 e. The molecular formula is C9H11N3O2S2. The molecule has 86 valence electrons. The highest BCUT2D eigenvalue weighted by Gasteiger charge is 2.12. The van der Waals surface area contributed by atoms with E-state index in [9.17, 15) is 8.42 Å². The predicted molar refractivity (Wildman–Crippen MR) is 65.1 cm³/mol. The van der Waals surface area contributed by atoms with Crippen LogP contribution in [-0.4, -0.2) is 24.6 Å². The highest BCUT2D eigenvalue weighted by Crippen LogP contribution is 2.26. The smallest absolute Gasteiger partial charge is 0.154 e. The molecule has 2 rings (SSSR count). The molecule has 0 fully saturated rings. The summed E-state index contributed by atoms with van der Waals surface area (Å²) in [5.74, 6) is 0.423. The second kappa shape index (κ2) is 3.67. The molecule has 0 radical (unpaired) electrons. The third-order valence-corrected chi connectivity index (χ3v) is 3.71. The van der Waals surface area contributed by atoms with E-state index in [1.54, 1.807) is 0 Å². The Morgan fingerprint density at radius 1 is 1.44 bits per heavy atom. The summed E-state index contributed by atoms with van der Waals surface area (Å²) in [5, 5.41) is 0.791. The lowest BCUT2D eigenvalue weighted by molar-refractivity contribution is 0.600. The Bertz CT molecular complexity index is 646. The molecule has 7 heteroatoms. The zero-order chi connectivity index (χ0) is 11.9. The predicted octanol–water partition coefficient (Wildman–Crippen LogP) is 1.13. The lowest BCUT2D eigenvalue weighted by Gasteiger charge is -2.00. The number of nitrogens with zero attached hydrogens (tertiary/aromatic N) is 2. The first-order valence-electron chi connectivity index (χ1n) is 4.55. The molecule has 2 heterocycles. The van der Waals surface area contributed by atoms with Gasteiger partial charge >= 0.3 is 0 Å². The minimum absolute atomic E-state index is 0.177. The fourth-order valence-corrected chi connectivity index (χ4v) is 2.91. The molecule has 0 saturated heterocycles. The van der Waals surface area contributed by atoms with Crippen molar-refractivity contribution in [2.45, 2.75) is 12.7 Å². The van der Waals surface area contributed by atoms with Gasteiger partial charge in [0.05, 0.1) is 5.39 Å². The number of nitrogen functional groups attached to an aromatic ring is 1. The molecule has 2 aromatic heterocycles. The molecule has 16 heavy (non-hydrogen) atoms. The molecule has 0 aliphatic rings. The van der Waals surface area contributed by atoms with Crippen molar-refractivity contribution in [1.29, 1.82) is 0 Å². The minimum Gasteiger partial charge on any atom is -0.383 e. The van der Waals surface area contributed by atoms with Crippen LogP contribution in [0.15, 0.2) is 6.07 Å². The topological polar surface area (TPSA) is 85.9 Å². The maximum absolute atomic E-state index is 11.1. The molecule has 0 aliphatic heterocycles. The zero-order valence-corrected chi connectivity index (χ0v) is 10.5. The monoisotopic (exact) mass is 257 g/mol. The fraction of sp³-hybridized carbons (Fsp3) is 0.333. The Labute approximate surface area is 97.3 Å². The standard InChI is InChI=1S/C9H11N3O2S2/c1-5-3-6-8(10)11-7(4-16(2,13)14)12-9(6)15-5/h3H,4H2,1-2H3,(H2,10,11,12). The lowest BCUT2D eigenvalue weighted by atomic mass is 10.3. The van der Waals surface area contributed by atoms with Gasteiger partial charge in [0.15, 0.2) is 9.84 Å². The number of anilines is 1. The van der Waals surface area contributed by atoms with Gasteiger partial charge in [-0.1, -0.05) is 0 Å². The van der Waals surface area contributed by atoms with Gasteiger partial charge in [0.25, 0.3) is 0 Å². The van der Waals surface area contributed by atoms with E-state index in [1.165, 1.54) is 11.3 Å². The van der Waals surface area contributed by atoms with Crippen LogP contribution >= 0.6 is 11.3 Å². The van der Waals surface area contributed by atoms with Gasteiger partial charge in [-0.05, 0) is 13.0 Å². The van der Waals surface area contributed by atoms with Crippen molar-refractivity contribution in [2.75, 3.05) is 12.0 Å². The number of hydrogen-bond donors (Lipinski definition) is 1. The first-order valence-corrected chi connectivity index (χ1v) is 7.43. The summed E-state index contributed by atoms with van der Waals surface area (Å²) in [4.78, 5) is 10.0. The maximum atomic E-state index is 11.1. The molecule has 2 N–H and O–H groups in total. The minimum atomic E-state index is -3.13. The molecule has 0 aliphatic carbocycles. The van der Waals surface area contributed by atoms with Gasteiger partial charge in [0.2, 0.25) is 0 Å². The van der Waals surface area contributed by atoms with Crippen LogP contribution in [0.2, 0.25) is 0 Å². The van der Waals surface area contributed by atoms with E-state index in [2.05, 4.69) is 9.97 Å². The van der Waals surface area contributed by atoms with E-state index in [-0.39, 0.29) is 11.6 Å². The van der Waals surface area contributed by atoms with E-state index in [0.717, 1.165) is 21.3 Å². The summed E-state index contributed by atoms with van der Waals surface area (Å²) in [5.41, 5.74) is 5.75. The van der Waals surface area contributed by atoms with Crippen molar-refractivity contribution in [3.63, 3.8) is 0 Å². The normalized spacial score (nSPS) is 12.1. The second-order valence-corrected chi connectivity index (χ2v) is 7.05. The van der Waals surface area contributed by atoms with Crippen molar-refractivity contribution in [3.8, 4) is 0 Å². The molecule has 0 aromatic carbocycles. The average Bonchev–Trinajstić information content (AvgIpc) is 2.42. The summed E-state index contributed by atoms with van der Waals surface area (Å²) in [7, 11) is -3.13. The van der Waals surface area contributed by atoms with Gasteiger partial charge in [-0.25, -0.2) is 18.4 Å². The van der Waals surface area contributed by atoms with Gasteiger partial charge in [0.1, 0.15) is 22.2 Å². The molecule has 0 atom stereocenters. The summed E-state index contributed by atoms with van der Waals surface area (Å²) >= 11 is 1.48. The van der Waals surface area contributed by atoms with E-state index in [4.69, 9.17) is 5.73 Å². The van der Waals surface area contributed by atoms with E-state index >= 15 is 0 Å². The summed E-state index contributed by atoms with van der Waals surface area (Å²) in [6.07, 6.45) is 1.15. The van der Waals surface area contributed by atoms with Crippen LogP contribution in [0.4, 0.5) is 5.82 Å². The molecular weight excluding hydrogens is 246 g/mol. The van der Waals surface area contributed by atoms with Crippen LogP contribution in [0.1, 0.15) is 10.7 Å². The second-order valence-electron chi connectivity index (χ2n) is 3.67. The number of aryl methyl sites for hydroxylation is 1. The van der Waals surface area contributed by atoms with E-state index in [1.807, 2.05) is 13.0 Å². The van der Waals surface area contributed by atoms with E-state index in [0.29, 0.717) is 5.82 Å². The number of fused-ring (bicyclic) bond motifs is 1. The zero-order valence-electron chi connectivity index (χ0n) is 8.89. The van der Waals surface area contributed by atoms with Crippen molar-refractivity contribution >= 4 is 37.2 Å². The van der Waals surface area contributed by atoms with Gasteiger partial charge in [-0.15, -0.1) is 11.3 Å². The van der Waals surface area contributed by atoms with Crippen molar-refractivity contribution in [3.05, 3.63) is 16.8 Å². The first kappa shape index (κ1) is 11.3. The van der Waals surface area contributed by atoms with Gasteiger partial charge in [0, 0.05) is 11.1 Å². The quantitative estimate of drug-likeness (QED) is 0.871. The van der Waals surface area contributed by atoms with Crippen molar-refractivity contribution < 1.29 is 8.42 Å². The molecule has 2 aromatic rings. The Hall–Kier alpha value is -1.21. The lowest BCUT2D eigenvalue weighted by Crippen LogP contribution is -2.06. The van der Waals surface area contributed by atoms with Crippen molar-refractivity contribution in [2.24, 2.45) is 0 Å². The number of sulfone groups is 1. The van der Waals surface area contributed by atoms with Crippen LogP contribution < -0.4 is 5.73 Å². The van der Waals surface area contributed by atoms with E-state index < -0.39 is 9.84 Å². The maximum Gasteiger partial charge on any atom is 0.154 e. The summed E-state index contributed by atoms with van der Waals surface area (Å²) < 4.78 is 22.3. The van der Waals surface area contributed by atoms with Crippen LogP contribution in [0, 0.1) is 6.92 Å². The van der Waals surface area contributed by atoms with Crippen LogP contribution in [0.25, 0.3) is 10.2 Å². The molecule has 0 saturated carbocycles. The molecule has 0 unspecified atom stereocenters. The van der Waals surface area contributed by atoms with Gasteiger partial charge < -0.3 is 5.73 Å². The number of rotatable bonds is 2. The molecule has 0 spiro atoms. The number of hydrogen-bond acceptors (Lipinski definition) is 6. The molecule has 5 nitrogen and oxygen atoms in total. The fourth-order valence-electron chi connectivity index (χ4n) is 1.41. The Kier molecular flexibility index (Phi) is 2.59. The highest BCUT2D eigenvalue weighted by atomic mass is 32.2. The van der Waals surface area contributed by atoms with Crippen LogP contribution in [-0.2, 0) is 15.6 Å². The van der Waals surface area contributed by atoms with Crippen molar-refractivity contribution in [1.82, 2.24) is 9.97 Å². The summed E-state index contributed by atoms with van der Waals surface area (Å²) in [6, 6.07) is 1.90. The number of thiophene rings is 1. The molecule has 0 amide bonds. The highest BCUT2D eigenvalue weighted by molar-refractivity contribution is 7.89. The Balaban J connectivity index is 2.57. The van der Waals surface area contributed by atoms with Gasteiger partial charge in [-0.2, -0.15) is 0 Å². The summed E-state index contributed by atoms with van der Waals surface area (Å²) in [6.45, 7) is 1.95. The third kappa shape index (κ3) is 2.30. The Morgan fingerprint density at radius 2 is 2.12 bits per heavy atom. The Morgan fingerprint density at radius 3 is 2.75 bits per heavy atom. The SMILES string of the molecule is Cc1cc2c(N)nc(CS(C)(=O)=O)nc2s1. The van der Waals surface area contributed by atoms with Crippen LogP contribution in [0.5, 0.6) is 0 Å². The van der Waals surface area contributed by atoms with Crippen LogP contribution in [0.3, 0.4) is 0 Å².